The maximum Gasteiger partial charge on any atom is 0.341 e. The van der Waals surface area contributed by atoms with E-state index in [4.69, 9.17) is 0 Å². The summed E-state index contributed by atoms with van der Waals surface area (Å²) in [6.07, 6.45) is 8.72. The van der Waals surface area contributed by atoms with E-state index in [1.807, 2.05) is 44.1 Å². The Morgan fingerprint density at radius 1 is 1.37 bits per heavy atom. The van der Waals surface area contributed by atoms with Crippen molar-refractivity contribution in [1.82, 2.24) is 14.5 Å². The fourth-order valence-corrected chi connectivity index (χ4v) is 3.22. The fourth-order valence-electron chi connectivity index (χ4n) is 3.22. The number of hydrogen-bond donors (Lipinski definition) is 2. The van der Waals surface area contributed by atoms with Gasteiger partial charge < -0.3 is 19.7 Å². The molecule has 7 nitrogen and oxygen atoms in total. The molecule has 3 rings (SSSR count). The van der Waals surface area contributed by atoms with Crippen LogP contribution in [0.15, 0.2) is 41.6 Å². The molecule has 2 aromatic heterocycles. The van der Waals surface area contributed by atoms with Gasteiger partial charge in [-0.1, -0.05) is 19.9 Å². The number of aromatic carboxylic acids is 1. The standard InChI is InChI=1S/C20H23N3O4/c1-12(2)18(11-24)23-10-15(20(26)27)19(25)14-8-16(21-9-17(14)23)13-4-6-22(3)7-5-13/h4-6,8-10,12,18,24H,7,11H2,1-3H3,(H,26,27)/t18-/m1/s1. The largest absolute Gasteiger partial charge is 0.477 e. The predicted octanol–water partition coefficient (Wildman–Crippen LogP) is 2.13. The molecule has 0 aromatic carbocycles. The number of aromatic nitrogens is 2. The third-order valence-corrected chi connectivity index (χ3v) is 4.87. The van der Waals surface area contributed by atoms with Gasteiger partial charge in [-0.05, 0) is 29.8 Å². The highest BCUT2D eigenvalue weighted by Crippen LogP contribution is 2.25. The molecule has 1 atom stereocenters. The second kappa shape index (κ2) is 7.36. The topological polar surface area (TPSA) is 95.7 Å². The van der Waals surface area contributed by atoms with E-state index in [9.17, 15) is 19.8 Å². The molecule has 7 heteroatoms. The van der Waals surface area contributed by atoms with Gasteiger partial charge in [0.1, 0.15) is 5.56 Å². The van der Waals surface area contributed by atoms with Crippen molar-refractivity contribution < 1.29 is 15.0 Å². The molecule has 0 bridgehead atoms. The zero-order chi connectivity index (χ0) is 19.7. The number of pyridine rings is 2. The van der Waals surface area contributed by atoms with Crippen LogP contribution in [-0.2, 0) is 0 Å². The highest BCUT2D eigenvalue weighted by atomic mass is 16.4. The highest BCUT2D eigenvalue weighted by molar-refractivity contribution is 5.93. The van der Waals surface area contributed by atoms with Gasteiger partial charge >= 0.3 is 5.97 Å². The molecule has 1 aliphatic rings. The molecule has 27 heavy (non-hydrogen) atoms. The zero-order valence-corrected chi connectivity index (χ0v) is 15.6. The summed E-state index contributed by atoms with van der Waals surface area (Å²) in [6, 6.07) is 1.28. The van der Waals surface area contributed by atoms with Crippen molar-refractivity contribution in [1.29, 1.82) is 0 Å². The van der Waals surface area contributed by atoms with Crippen LogP contribution in [0.3, 0.4) is 0 Å². The van der Waals surface area contributed by atoms with Crippen LogP contribution >= 0.6 is 0 Å². The summed E-state index contributed by atoms with van der Waals surface area (Å²) in [5.74, 6) is -1.24. The molecule has 2 aromatic rings. The summed E-state index contributed by atoms with van der Waals surface area (Å²) in [7, 11) is 1.95. The monoisotopic (exact) mass is 369 g/mol. The molecule has 0 spiro atoms. The van der Waals surface area contributed by atoms with E-state index in [0.717, 1.165) is 12.1 Å². The van der Waals surface area contributed by atoms with Gasteiger partial charge in [0, 0.05) is 19.8 Å². The molecule has 0 amide bonds. The van der Waals surface area contributed by atoms with E-state index in [1.165, 1.54) is 6.20 Å². The lowest BCUT2D eigenvalue weighted by Gasteiger charge is -2.24. The lowest BCUT2D eigenvalue weighted by atomic mass is 10.0. The Kier molecular flexibility index (Phi) is 5.14. The van der Waals surface area contributed by atoms with Crippen molar-refractivity contribution in [2.24, 2.45) is 5.92 Å². The quantitative estimate of drug-likeness (QED) is 0.838. The number of rotatable bonds is 5. The second-order valence-electron chi connectivity index (χ2n) is 7.08. The molecule has 0 radical (unpaired) electrons. The van der Waals surface area contributed by atoms with Gasteiger partial charge in [0.2, 0.25) is 5.43 Å². The number of fused-ring (bicyclic) bond motifs is 1. The summed E-state index contributed by atoms with van der Waals surface area (Å²) in [5, 5.41) is 19.6. The van der Waals surface area contributed by atoms with Crippen molar-refractivity contribution in [2.75, 3.05) is 20.2 Å². The van der Waals surface area contributed by atoms with Crippen LogP contribution in [0.25, 0.3) is 16.5 Å². The first-order chi connectivity index (χ1) is 12.8. The Morgan fingerprint density at radius 2 is 2.11 bits per heavy atom. The number of likely N-dealkylation sites (N-methyl/N-ethyl adjacent to an activating group) is 1. The average Bonchev–Trinajstić information content (AvgIpc) is 2.64. The maximum atomic E-state index is 12.8. The first-order valence-corrected chi connectivity index (χ1v) is 8.81. The molecular formula is C20H23N3O4. The minimum absolute atomic E-state index is 0.0431. The van der Waals surface area contributed by atoms with Gasteiger partial charge in [-0.2, -0.15) is 0 Å². The molecule has 3 heterocycles. The number of carboxylic acid groups (broad SMARTS) is 1. The van der Waals surface area contributed by atoms with E-state index < -0.39 is 11.4 Å². The number of carbonyl (C=O) groups is 1. The summed E-state index contributed by atoms with van der Waals surface area (Å²) in [5.41, 5.74) is 1.15. The molecule has 0 fully saturated rings. The summed E-state index contributed by atoms with van der Waals surface area (Å²) in [4.78, 5) is 30.9. The van der Waals surface area contributed by atoms with Crippen LogP contribution in [0.2, 0.25) is 0 Å². The highest BCUT2D eigenvalue weighted by Gasteiger charge is 2.22. The van der Waals surface area contributed by atoms with E-state index >= 15 is 0 Å². The molecule has 0 unspecified atom stereocenters. The second-order valence-corrected chi connectivity index (χ2v) is 7.08. The minimum atomic E-state index is -1.28. The van der Waals surface area contributed by atoms with E-state index in [-0.39, 0.29) is 29.5 Å². The van der Waals surface area contributed by atoms with Crippen molar-refractivity contribution in [3.8, 4) is 0 Å². The Bertz CT molecular complexity index is 1000. The molecule has 0 saturated carbocycles. The van der Waals surface area contributed by atoms with Crippen molar-refractivity contribution in [3.05, 3.63) is 58.3 Å². The van der Waals surface area contributed by atoms with E-state index in [0.29, 0.717) is 11.2 Å². The first kappa shape index (κ1) is 18.8. The Morgan fingerprint density at radius 3 is 2.67 bits per heavy atom. The summed E-state index contributed by atoms with van der Waals surface area (Å²) >= 11 is 0. The Labute approximate surface area is 156 Å². The van der Waals surface area contributed by atoms with Gasteiger partial charge in [-0.25, -0.2) is 4.79 Å². The molecule has 2 N–H and O–H groups in total. The predicted molar refractivity (Wildman–Crippen MR) is 104 cm³/mol. The van der Waals surface area contributed by atoms with Crippen LogP contribution in [0.1, 0.15) is 35.9 Å². The van der Waals surface area contributed by atoms with Crippen LogP contribution < -0.4 is 5.43 Å². The molecule has 0 aliphatic carbocycles. The van der Waals surface area contributed by atoms with Crippen molar-refractivity contribution in [3.63, 3.8) is 0 Å². The zero-order valence-electron chi connectivity index (χ0n) is 15.6. The lowest BCUT2D eigenvalue weighted by Crippen LogP contribution is -2.25. The summed E-state index contributed by atoms with van der Waals surface area (Å²) in [6.45, 7) is 4.42. The number of aliphatic hydroxyl groups is 1. The van der Waals surface area contributed by atoms with Crippen molar-refractivity contribution in [2.45, 2.75) is 19.9 Å². The number of carboxylic acids is 1. The van der Waals surface area contributed by atoms with E-state index in [1.54, 1.807) is 16.8 Å². The Hall–Kier alpha value is -2.93. The fraction of sp³-hybridized carbons (Fsp3) is 0.350. The molecule has 1 aliphatic heterocycles. The number of nitrogens with zero attached hydrogens (tertiary/aromatic N) is 3. The third-order valence-electron chi connectivity index (χ3n) is 4.87. The van der Waals surface area contributed by atoms with Gasteiger partial charge in [-0.15, -0.1) is 0 Å². The minimum Gasteiger partial charge on any atom is -0.477 e. The van der Waals surface area contributed by atoms with Crippen LogP contribution in [0.4, 0.5) is 0 Å². The van der Waals surface area contributed by atoms with E-state index in [2.05, 4.69) is 4.98 Å². The van der Waals surface area contributed by atoms with Crippen LogP contribution in [0.5, 0.6) is 0 Å². The smallest absolute Gasteiger partial charge is 0.341 e. The summed E-state index contributed by atoms with van der Waals surface area (Å²) < 4.78 is 1.65. The molecule has 0 saturated heterocycles. The molecular weight excluding hydrogens is 346 g/mol. The Balaban J connectivity index is 2.26. The van der Waals surface area contributed by atoms with Gasteiger partial charge in [0.25, 0.3) is 0 Å². The van der Waals surface area contributed by atoms with Crippen LogP contribution in [0, 0.1) is 5.92 Å². The number of hydrogen-bond acceptors (Lipinski definition) is 5. The van der Waals surface area contributed by atoms with Gasteiger partial charge in [-0.3, -0.25) is 9.78 Å². The lowest BCUT2D eigenvalue weighted by molar-refractivity contribution is 0.0694. The van der Waals surface area contributed by atoms with Gasteiger partial charge in [0.15, 0.2) is 0 Å². The first-order valence-electron chi connectivity index (χ1n) is 8.81. The van der Waals surface area contributed by atoms with Crippen LogP contribution in [-0.4, -0.2) is 50.8 Å². The molecule has 142 valence electrons. The number of allylic oxidation sites excluding steroid dienone is 2. The normalized spacial score (nSPS) is 15.3. The average molecular weight is 369 g/mol. The van der Waals surface area contributed by atoms with Gasteiger partial charge in [0.05, 0.1) is 35.4 Å². The SMILES string of the molecule is CC(C)[C@@H](CO)n1cc(C(=O)O)c(=O)c2cc(C3=CCN(C)C=C3)ncc21. The number of aliphatic hydroxyl groups excluding tert-OH is 1. The third kappa shape index (κ3) is 3.50. The van der Waals surface area contributed by atoms with Crippen molar-refractivity contribution >= 4 is 22.4 Å². The maximum absolute atomic E-state index is 12.8.